The first kappa shape index (κ1) is 59.3. The molecule has 0 radical (unpaired) electrons. The lowest BCUT2D eigenvalue weighted by Gasteiger charge is -2.29. The molecule has 79 heavy (non-hydrogen) atoms. The van der Waals surface area contributed by atoms with E-state index in [9.17, 15) is 19.5 Å². The predicted molar refractivity (Wildman–Crippen MR) is 329 cm³/mol. The molecule has 2 N–H and O–H groups in total. The van der Waals surface area contributed by atoms with Gasteiger partial charge in [-0.25, -0.2) is 5.01 Å². The van der Waals surface area contributed by atoms with Gasteiger partial charge in [0.05, 0.1) is 72.5 Å². The standard InChI is InChI=1S/C60H73Br3N10O6/c1-5-9-28-73-60(77)55(51(6-2)67-73)56-57(74)53(58(56)75)48-23-22-47(39-52(48)66-59(76)54-49(62)37-44(61)38-50(54)63)70(31-35-78-33-29-68(7-3)45-18-14-42(15-19-45)40-64-71-24-10-11-25-71)32-36-79-34-30-69(8-4)46-20-16-43(17-21-46)41-65-72-26-12-13-27-72/h14-23,37-41,74H,5-13,24-36H2,1-4H3,(H,66,76)/b56-55-,64-40+,65-41+. The van der Waals surface area contributed by atoms with Gasteiger partial charge in [-0.3, -0.25) is 24.4 Å². The molecule has 420 valence electrons. The number of benzene rings is 4. The second-order valence-corrected chi connectivity index (χ2v) is 22.4. The Labute approximate surface area is 490 Å². The fourth-order valence-electron chi connectivity index (χ4n) is 10.0. The van der Waals surface area contributed by atoms with Gasteiger partial charge >= 0.3 is 0 Å². The van der Waals surface area contributed by atoms with Crippen molar-refractivity contribution in [1.82, 2.24) is 15.0 Å². The number of hydrogen-bond acceptors (Lipinski definition) is 14. The van der Waals surface area contributed by atoms with Gasteiger partial charge in [0.15, 0.2) is 0 Å². The van der Waals surface area contributed by atoms with Crippen LogP contribution in [0.25, 0.3) is 5.57 Å². The molecule has 2 fully saturated rings. The van der Waals surface area contributed by atoms with Crippen molar-refractivity contribution in [1.29, 1.82) is 0 Å². The minimum Gasteiger partial charge on any atom is -0.506 e. The Morgan fingerprint density at radius 1 is 0.671 bits per heavy atom. The highest BCUT2D eigenvalue weighted by Crippen LogP contribution is 2.44. The second kappa shape index (κ2) is 29.0. The Morgan fingerprint density at radius 2 is 1.16 bits per heavy atom. The number of allylic oxidation sites excluding steroid dienone is 2. The fourth-order valence-corrected chi connectivity index (χ4v) is 12.6. The molecule has 0 atom stereocenters. The largest absolute Gasteiger partial charge is 0.506 e. The van der Waals surface area contributed by atoms with Crippen molar-refractivity contribution in [2.45, 2.75) is 72.6 Å². The summed E-state index contributed by atoms with van der Waals surface area (Å²) in [6.45, 7) is 18.3. The van der Waals surface area contributed by atoms with E-state index in [4.69, 9.17) is 9.47 Å². The number of unbranched alkanes of at least 4 members (excludes halogenated alkanes) is 1. The van der Waals surface area contributed by atoms with Crippen LogP contribution in [0.4, 0.5) is 22.7 Å². The minimum atomic E-state index is -0.501. The van der Waals surface area contributed by atoms with Gasteiger partial charge in [-0.1, -0.05) is 60.5 Å². The van der Waals surface area contributed by atoms with Crippen LogP contribution in [0.2, 0.25) is 0 Å². The molecule has 4 aromatic carbocycles. The maximum Gasteiger partial charge on any atom is 0.276 e. The van der Waals surface area contributed by atoms with Crippen molar-refractivity contribution in [3.05, 3.63) is 131 Å². The van der Waals surface area contributed by atoms with Crippen LogP contribution in [0.3, 0.4) is 0 Å². The third kappa shape index (κ3) is 15.1. The van der Waals surface area contributed by atoms with Crippen molar-refractivity contribution in [3.63, 3.8) is 0 Å². The summed E-state index contributed by atoms with van der Waals surface area (Å²) < 4.78 is 14.6. The first-order valence-electron chi connectivity index (χ1n) is 27.8. The van der Waals surface area contributed by atoms with Crippen molar-refractivity contribution < 1.29 is 29.0 Å². The van der Waals surface area contributed by atoms with E-state index in [0.717, 1.165) is 84.8 Å². The molecule has 0 aromatic heterocycles. The van der Waals surface area contributed by atoms with E-state index in [1.165, 1.54) is 30.7 Å². The van der Waals surface area contributed by atoms with E-state index in [2.05, 4.69) is 156 Å². The number of ketones is 1. The van der Waals surface area contributed by atoms with Crippen LogP contribution in [0.1, 0.15) is 99.7 Å². The number of nitrogens with zero attached hydrogens (tertiary/aromatic N) is 9. The number of nitrogens with one attached hydrogen (secondary N) is 1. The van der Waals surface area contributed by atoms with E-state index in [1.54, 1.807) is 18.2 Å². The molecule has 4 aliphatic rings. The second-order valence-electron chi connectivity index (χ2n) is 19.8. The zero-order valence-corrected chi connectivity index (χ0v) is 50.6. The lowest BCUT2D eigenvalue weighted by atomic mass is 9.79. The summed E-state index contributed by atoms with van der Waals surface area (Å²) in [6.07, 6.45) is 10.6. The summed E-state index contributed by atoms with van der Waals surface area (Å²) >= 11 is 10.6. The number of likely N-dealkylation sites (N-methyl/N-ethyl adjacent to an activating group) is 2. The number of anilines is 4. The van der Waals surface area contributed by atoms with E-state index in [1.807, 2.05) is 38.4 Å². The van der Waals surface area contributed by atoms with Crippen molar-refractivity contribution >= 4 is 112 Å². The average Bonchev–Trinajstić information content (AvgIpc) is 4.42. The van der Waals surface area contributed by atoms with Crippen LogP contribution in [-0.4, -0.2) is 154 Å². The fraction of sp³-hybridized carbons (Fsp3) is 0.433. The molecule has 0 unspecified atom stereocenters. The van der Waals surface area contributed by atoms with Gasteiger partial charge < -0.3 is 34.6 Å². The third-order valence-corrected chi connectivity index (χ3v) is 16.3. The number of carbonyl (C=O) groups is 3. The molecule has 0 spiro atoms. The molecule has 2 saturated heterocycles. The van der Waals surface area contributed by atoms with Gasteiger partial charge in [-0.15, -0.1) is 0 Å². The zero-order chi connectivity index (χ0) is 55.8. The van der Waals surface area contributed by atoms with Crippen LogP contribution in [0.15, 0.2) is 124 Å². The minimum absolute atomic E-state index is 0.00225. The van der Waals surface area contributed by atoms with Gasteiger partial charge in [0, 0.05) is 108 Å². The van der Waals surface area contributed by atoms with E-state index < -0.39 is 17.6 Å². The normalized spacial score (nSPS) is 16.5. The molecule has 4 aromatic rings. The number of carbonyl (C=O) groups excluding carboxylic acids is 3. The Bertz CT molecular complexity index is 2820. The maximum atomic E-state index is 14.4. The van der Waals surface area contributed by atoms with Gasteiger partial charge in [-0.2, -0.15) is 15.3 Å². The number of halogens is 3. The lowest BCUT2D eigenvalue weighted by molar-refractivity contribution is -0.126. The number of amides is 2. The van der Waals surface area contributed by atoms with Crippen LogP contribution in [0, 0.1) is 0 Å². The first-order valence-corrected chi connectivity index (χ1v) is 30.2. The van der Waals surface area contributed by atoms with Crippen molar-refractivity contribution in [2.75, 3.05) is 118 Å². The SMILES string of the molecule is CCCCN1N=C(CC)/C(=C2/C(=O)C(c3ccc(N(CCOCCN(CC)c4ccc(/C=N/N5CCCC5)cc4)CCOCCN(CC)c4ccc(/C=N/N5CCCC5)cc4)cc3NC(=O)c3c(Br)cc(Br)cc3Br)=C2O)C1=O. The monoisotopic (exact) mass is 1270 g/mol. The summed E-state index contributed by atoms with van der Waals surface area (Å²) in [6, 6.07) is 25.9. The van der Waals surface area contributed by atoms with Crippen molar-refractivity contribution in [3.8, 4) is 0 Å². The summed E-state index contributed by atoms with van der Waals surface area (Å²) in [7, 11) is 0. The Hall–Kier alpha value is -5.86. The molecule has 0 saturated carbocycles. The Kier molecular flexibility index (Phi) is 21.8. The summed E-state index contributed by atoms with van der Waals surface area (Å²) in [4.78, 5) is 49.1. The van der Waals surface area contributed by atoms with E-state index in [-0.39, 0.29) is 22.5 Å². The predicted octanol–water partition coefficient (Wildman–Crippen LogP) is 11.5. The molecule has 3 heterocycles. The van der Waals surface area contributed by atoms with E-state index in [0.29, 0.717) is 97.0 Å². The van der Waals surface area contributed by atoms with Gasteiger partial charge in [0.2, 0.25) is 5.78 Å². The first-order chi connectivity index (χ1) is 38.4. The number of rotatable bonds is 28. The third-order valence-electron chi connectivity index (χ3n) is 14.5. The summed E-state index contributed by atoms with van der Waals surface area (Å²) in [5.74, 6) is -1.68. The molecular weight excluding hydrogens is 1200 g/mol. The van der Waals surface area contributed by atoms with Gasteiger partial charge in [0.1, 0.15) is 5.76 Å². The highest BCUT2D eigenvalue weighted by molar-refractivity contribution is 9.11. The summed E-state index contributed by atoms with van der Waals surface area (Å²) in [5.41, 5.74) is 6.53. The molecule has 0 bridgehead atoms. The van der Waals surface area contributed by atoms with E-state index >= 15 is 0 Å². The topological polar surface area (TPSA) is 158 Å². The van der Waals surface area contributed by atoms with Gasteiger partial charge in [0.25, 0.3) is 11.8 Å². The number of hydrazone groups is 3. The molecular formula is C60H73Br3N10O6. The number of hydrogen-bond donors (Lipinski definition) is 2. The molecule has 16 nitrogen and oxygen atoms in total. The Morgan fingerprint density at radius 3 is 1.63 bits per heavy atom. The van der Waals surface area contributed by atoms with Crippen molar-refractivity contribution in [2.24, 2.45) is 15.3 Å². The quantitative estimate of drug-likeness (QED) is 0.0317. The highest BCUT2D eigenvalue weighted by Gasteiger charge is 2.44. The van der Waals surface area contributed by atoms with Gasteiger partial charge in [-0.05, 0) is 150 Å². The number of aliphatic hydroxyl groups is 1. The van der Waals surface area contributed by atoms with Crippen LogP contribution >= 0.6 is 47.8 Å². The van der Waals surface area contributed by atoms with Crippen LogP contribution < -0.4 is 20.0 Å². The number of aliphatic hydroxyl groups excluding tert-OH is 1. The maximum absolute atomic E-state index is 14.4. The molecule has 2 amide bonds. The zero-order valence-electron chi connectivity index (χ0n) is 45.9. The molecule has 19 heteroatoms. The van der Waals surface area contributed by atoms with Crippen LogP contribution in [0.5, 0.6) is 0 Å². The number of Topliss-reactive ketones (excluding diaryl/α,β-unsaturated/α-hetero) is 1. The number of ether oxygens (including phenoxy) is 2. The molecule has 3 aliphatic heterocycles. The summed E-state index contributed by atoms with van der Waals surface area (Å²) in [5, 5.41) is 34.4. The Balaban J connectivity index is 1.01. The molecule has 1 aliphatic carbocycles. The lowest BCUT2D eigenvalue weighted by Crippen LogP contribution is -2.34. The van der Waals surface area contributed by atoms with Crippen LogP contribution in [-0.2, 0) is 19.1 Å². The molecule has 8 rings (SSSR count). The smallest absolute Gasteiger partial charge is 0.276 e. The highest BCUT2D eigenvalue weighted by atomic mass is 79.9. The average molecular weight is 1270 g/mol.